The number of carboxylic acid groups (broad SMARTS) is 1. The molecule has 0 amide bonds. The Labute approximate surface area is 267 Å². The lowest BCUT2D eigenvalue weighted by molar-refractivity contribution is -0.139. The molecule has 1 aromatic carbocycles. The van der Waals surface area contributed by atoms with Crippen molar-refractivity contribution in [3.63, 3.8) is 0 Å². The number of ether oxygens (including phenoxy) is 3. The Kier molecular flexibility index (Phi) is 17.9. The maximum atomic E-state index is 13.6. The van der Waals surface area contributed by atoms with E-state index in [-0.39, 0.29) is 12.2 Å². The highest BCUT2D eigenvalue weighted by atomic mass is 16.5. The average Bonchev–Trinajstić information content (AvgIpc) is 2.99. The topological polar surface area (TPSA) is 85.3 Å². The van der Waals surface area contributed by atoms with Crippen LogP contribution in [-0.2, 0) is 25.5 Å². The van der Waals surface area contributed by atoms with Gasteiger partial charge in [0.05, 0.1) is 36.9 Å². The molecule has 1 aliphatic rings. The number of hydrogen-bond donors (Lipinski definition) is 1. The van der Waals surface area contributed by atoms with Crippen LogP contribution in [0.4, 0.5) is 0 Å². The molecule has 2 rings (SSSR count). The van der Waals surface area contributed by atoms with Gasteiger partial charge >= 0.3 is 11.9 Å². The van der Waals surface area contributed by atoms with Crippen LogP contribution in [-0.4, -0.2) is 55.4 Å². The molecule has 1 unspecified atom stereocenters. The van der Waals surface area contributed by atoms with Crippen LogP contribution in [0, 0.1) is 0 Å². The highest BCUT2D eigenvalue weighted by molar-refractivity contribution is 5.99. The van der Waals surface area contributed by atoms with Crippen molar-refractivity contribution in [1.82, 2.24) is 4.90 Å². The fraction of sp³-hybridized carbons (Fsp3) is 0.676. The Morgan fingerprint density at radius 2 is 1.36 bits per heavy atom. The highest BCUT2D eigenvalue weighted by Crippen LogP contribution is 2.47. The minimum Gasteiger partial charge on any atom is -0.494 e. The predicted octanol–water partition coefficient (Wildman–Crippen LogP) is 8.96. The summed E-state index contributed by atoms with van der Waals surface area (Å²) in [5.41, 5.74) is 3.60. The number of aliphatic carboxylic acids is 1. The number of esters is 1. The number of nitrogens with zero attached hydrogens (tertiary/aromatic N) is 1. The standard InChI is InChI=1S/C37H59NO6/c1-7-10-11-12-13-14-15-16-17-18-19-20-21-23-30-24-22-25-31(43-8-2)34(30)35-32(36(39)40)28(4)38(26-27-42-6)29(5)33(35)37(41)44-9-3/h22,24-25,35H,7-21,23,26-27H2,1-6H3,(H,39,40). The minimum absolute atomic E-state index is 0.175. The van der Waals surface area contributed by atoms with Crippen LogP contribution < -0.4 is 4.74 Å². The molecule has 7 nitrogen and oxygen atoms in total. The summed E-state index contributed by atoms with van der Waals surface area (Å²) in [5.74, 6) is -1.73. The molecule has 248 valence electrons. The molecule has 0 aromatic heterocycles. The first-order chi connectivity index (χ1) is 21.3. The maximum Gasteiger partial charge on any atom is 0.336 e. The second kappa shape index (κ2) is 21.0. The molecule has 1 N–H and O–H groups in total. The van der Waals surface area contributed by atoms with Crippen molar-refractivity contribution in [2.24, 2.45) is 0 Å². The number of rotatable bonds is 23. The maximum absolute atomic E-state index is 13.6. The van der Waals surface area contributed by atoms with Gasteiger partial charge < -0.3 is 24.2 Å². The third-order valence-corrected chi connectivity index (χ3v) is 8.71. The lowest BCUT2D eigenvalue weighted by atomic mass is 9.77. The zero-order chi connectivity index (χ0) is 32.3. The molecule has 0 aliphatic carbocycles. The van der Waals surface area contributed by atoms with E-state index in [0.717, 1.165) is 30.4 Å². The summed E-state index contributed by atoms with van der Waals surface area (Å²) in [4.78, 5) is 28.4. The smallest absolute Gasteiger partial charge is 0.336 e. The van der Waals surface area contributed by atoms with E-state index in [1.54, 1.807) is 14.0 Å². The molecule has 1 heterocycles. The van der Waals surface area contributed by atoms with Crippen molar-refractivity contribution >= 4 is 11.9 Å². The van der Waals surface area contributed by atoms with Gasteiger partial charge in [0.25, 0.3) is 0 Å². The molecule has 7 heteroatoms. The second-order valence-electron chi connectivity index (χ2n) is 11.9. The molecule has 1 atom stereocenters. The van der Waals surface area contributed by atoms with Gasteiger partial charge in [-0.2, -0.15) is 0 Å². The number of unbranched alkanes of at least 4 members (excludes halogenated alkanes) is 12. The van der Waals surface area contributed by atoms with Crippen LogP contribution in [0.15, 0.2) is 40.7 Å². The summed E-state index contributed by atoms with van der Waals surface area (Å²) < 4.78 is 16.9. The average molecular weight is 614 g/mol. The summed E-state index contributed by atoms with van der Waals surface area (Å²) in [5, 5.41) is 10.6. The number of carbonyl (C=O) groups is 2. The summed E-state index contributed by atoms with van der Waals surface area (Å²) in [6.45, 7) is 11.1. The quantitative estimate of drug-likeness (QED) is 0.0974. The van der Waals surface area contributed by atoms with Crippen LogP contribution in [0.2, 0.25) is 0 Å². The van der Waals surface area contributed by atoms with Crippen molar-refractivity contribution in [1.29, 1.82) is 0 Å². The van der Waals surface area contributed by atoms with E-state index in [2.05, 4.69) is 13.0 Å². The lowest BCUT2D eigenvalue weighted by Gasteiger charge is -2.38. The number of methoxy groups -OCH3 is 1. The third kappa shape index (κ3) is 11.0. The predicted molar refractivity (Wildman–Crippen MR) is 178 cm³/mol. The van der Waals surface area contributed by atoms with Crippen LogP contribution in [0.3, 0.4) is 0 Å². The van der Waals surface area contributed by atoms with Gasteiger partial charge in [-0.15, -0.1) is 0 Å². The number of hydrogen-bond acceptors (Lipinski definition) is 6. The lowest BCUT2D eigenvalue weighted by Crippen LogP contribution is -2.36. The first-order valence-corrected chi connectivity index (χ1v) is 17.2. The van der Waals surface area contributed by atoms with Crippen molar-refractivity contribution in [2.75, 3.05) is 33.5 Å². The van der Waals surface area contributed by atoms with Gasteiger partial charge in [0, 0.05) is 30.6 Å². The van der Waals surface area contributed by atoms with Gasteiger partial charge in [-0.25, -0.2) is 9.59 Å². The Bertz CT molecular complexity index is 1090. The van der Waals surface area contributed by atoms with Gasteiger partial charge in [0.2, 0.25) is 0 Å². The number of allylic oxidation sites excluding steroid dienone is 2. The van der Waals surface area contributed by atoms with E-state index in [1.807, 2.05) is 37.8 Å². The van der Waals surface area contributed by atoms with Gasteiger partial charge in [0.1, 0.15) is 5.75 Å². The second-order valence-corrected chi connectivity index (χ2v) is 11.9. The van der Waals surface area contributed by atoms with Crippen LogP contribution in [0.5, 0.6) is 5.75 Å². The molecule has 0 fully saturated rings. The molecule has 0 radical (unpaired) electrons. The first kappa shape index (κ1) is 37.4. The molecule has 1 aliphatic heterocycles. The van der Waals surface area contributed by atoms with E-state index in [4.69, 9.17) is 14.2 Å². The summed E-state index contributed by atoms with van der Waals surface area (Å²) in [6.07, 6.45) is 17.5. The van der Waals surface area contributed by atoms with Gasteiger partial charge in [0.15, 0.2) is 0 Å². The largest absolute Gasteiger partial charge is 0.494 e. The van der Waals surface area contributed by atoms with Crippen molar-refractivity contribution in [3.8, 4) is 5.75 Å². The Morgan fingerprint density at radius 3 is 1.89 bits per heavy atom. The fourth-order valence-corrected chi connectivity index (χ4v) is 6.41. The summed E-state index contributed by atoms with van der Waals surface area (Å²) in [7, 11) is 1.61. The molecule has 0 bridgehead atoms. The Balaban J connectivity index is 2.25. The number of benzene rings is 1. The molecular weight excluding hydrogens is 554 g/mol. The van der Waals surface area contributed by atoms with E-state index < -0.39 is 17.9 Å². The molecule has 44 heavy (non-hydrogen) atoms. The van der Waals surface area contributed by atoms with Crippen molar-refractivity contribution in [3.05, 3.63) is 51.9 Å². The van der Waals surface area contributed by atoms with Gasteiger partial charge in [-0.3, -0.25) is 0 Å². The molecule has 1 aromatic rings. The molecule has 0 saturated heterocycles. The Morgan fingerprint density at radius 1 is 0.795 bits per heavy atom. The van der Waals surface area contributed by atoms with E-state index in [1.165, 1.54) is 70.6 Å². The number of aryl methyl sites for hydroxylation is 1. The summed E-state index contributed by atoms with van der Waals surface area (Å²) >= 11 is 0. The number of carbonyl (C=O) groups excluding carboxylic acids is 1. The normalized spacial score (nSPS) is 15.2. The van der Waals surface area contributed by atoms with Crippen molar-refractivity contribution < 1.29 is 28.9 Å². The van der Waals surface area contributed by atoms with Crippen molar-refractivity contribution in [2.45, 2.75) is 130 Å². The molecule has 0 spiro atoms. The van der Waals surface area contributed by atoms with Crippen LogP contribution in [0.25, 0.3) is 0 Å². The molecular formula is C37H59NO6. The third-order valence-electron chi connectivity index (χ3n) is 8.71. The first-order valence-electron chi connectivity index (χ1n) is 17.2. The highest BCUT2D eigenvalue weighted by Gasteiger charge is 2.42. The SMILES string of the molecule is CCCCCCCCCCCCCCCc1cccc(OCC)c1C1C(C(=O)O)=C(C)N(CCOC)C(C)=C1C(=O)OCC. The Hall–Kier alpha value is -2.80. The van der Waals surface area contributed by atoms with E-state index >= 15 is 0 Å². The molecule has 0 saturated carbocycles. The van der Waals surface area contributed by atoms with Gasteiger partial charge in [-0.05, 0) is 52.2 Å². The van der Waals surface area contributed by atoms with Crippen LogP contribution in [0.1, 0.15) is 135 Å². The monoisotopic (exact) mass is 613 g/mol. The zero-order valence-corrected chi connectivity index (χ0v) is 28.5. The summed E-state index contributed by atoms with van der Waals surface area (Å²) in [6, 6.07) is 5.91. The van der Waals surface area contributed by atoms with Gasteiger partial charge in [-0.1, -0.05) is 96.1 Å². The van der Waals surface area contributed by atoms with Crippen LogP contribution >= 0.6 is 0 Å². The number of carboxylic acids is 1. The zero-order valence-electron chi connectivity index (χ0n) is 28.5. The van der Waals surface area contributed by atoms with E-state index in [0.29, 0.717) is 42.5 Å². The minimum atomic E-state index is -1.05. The van der Waals surface area contributed by atoms with E-state index in [9.17, 15) is 14.7 Å². The fourth-order valence-electron chi connectivity index (χ4n) is 6.41.